The maximum absolute atomic E-state index is 12.5. The fraction of sp³-hybridized carbons (Fsp3) is 0.632. The van der Waals surface area contributed by atoms with Crippen molar-refractivity contribution in [3.05, 3.63) is 35.4 Å². The van der Waals surface area contributed by atoms with Crippen LogP contribution in [-0.4, -0.2) is 37.0 Å². The van der Waals surface area contributed by atoms with Crippen LogP contribution in [0.4, 0.5) is 0 Å². The fourth-order valence-electron chi connectivity index (χ4n) is 3.89. The van der Waals surface area contributed by atoms with Crippen LogP contribution in [0.2, 0.25) is 0 Å². The average Bonchev–Trinajstić information content (AvgIpc) is 2.59. The van der Waals surface area contributed by atoms with Gasteiger partial charge in [-0.3, -0.25) is 4.79 Å². The summed E-state index contributed by atoms with van der Waals surface area (Å²) in [6.45, 7) is 2.24. The van der Waals surface area contributed by atoms with E-state index in [1.165, 1.54) is 24.0 Å². The third kappa shape index (κ3) is 4.71. The summed E-state index contributed by atoms with van der Waals surface area (Å²) >= 11 is 0. The van der Waals surface area contributed by atoms with Gasteiger partial charge in [0, 0.05) is 19.5 Å². The second-order valence-corrected chi connectivity index (χ2v) is 6.90. The predicted octanol–water partition coefficient (Wildman–Crippen LogP) is 3.20. The molecule has 1 aliphatic heterocycles. The number of aryl methyl sites for hydroxylation is 1. The van der Waals surface area contributed by atoms with Crippen LogP contribution in [-0.2, 0) is 17.6 Å². The van der Waals surface area contributed by atoms with Gasteiger partial charge in [-0.05, 0) is 68.7 Å². The Balaban J connectivity index is 0.00000192. The van der Waals surface area contributed by atoms with Crippen molar-refractivity contribution >= 4 is 18.3 Å². The predicted molar refractivity (Wildman–Crippen MR) is 97.1 cm³/mol. The summed E-state index contributed by atoms with van der Waals surface area (Å²) in [6, 6.07) is 9.06. The van der Waals surface area contributed by atoms with Crippen molar-refractivity contribution in [1.29, 1.82) is 0 Å². The molecule has 0 spiro atoms. The highest BCUT2D eigenvalue weighted by molar-refractivity contribution is 5.85. The molecular formula is C19H29ClN2O. The highest BCUT2D eigenvalue weighted by Gasteiger charge is 2.25. The van der Waals surface area contributed by atoms with Crippen LogP contribution in [0.25, 0.3) is 0 Å². The lowest BCUT2D eigenvalue weighted by atomic mass is 9.87. The Labute approximate surface area is 146 Å². The van der Waals surface area contributed by atoms with Gasteiger partial charge in [0.2, 0.25) is 5.91 Å². The molecule has 4 heteroatoms. The molecule has 1 N–H and O–H groups in total. The first kappa shape index (κ1) is 18.3. The van der Waals surface area contributed by atoms with E-state index in [1.807, 2.05) is 11.9 Å². The second kappa shape index (κ2) is 8.70. The second-order valence-electron chi connectivity index (χ2n) is 6.90. The first-order chi connectivity index (χ1) is 10.7. The molecule has 128 valence electrons. The zero-order valence-electron chi connectivity index (χ0n) is 14.1. The zero-order valence-corrected chi connectivity index (χ0v) is 14.9. The smallest absolute Gasteiger partial charge is 0.222 e. The number of hydrogen-bond donors (Lipinski definition) is 1. The summed E-state index contributed by atoms with van der Waals surface area (Å²) in [6.07, 6.45) is 7.47. The molecule has 1 unspecified atom stereocenters. The van der Waals surface area contributed by atoms with Gasteiger partial charge in [0.25, 0.3) is 0 Å². The number of rotatable bonds is 4. The van der Waals surface area contributed by atoms with E-state index < -0.39 is 0 Å². The third-order valence-electron chi connectivity index (χ3n) is 5.49. The van der Waals surface area contributed by atoms with Crippen molar-refractivity contribution in [2.75, 3.05) is 20.1 Å². The van der Waals surface area contributed by atoms with Gasteiger partial charge in [0.05, 0.1) is 0 Å². The lowest BCUT2D eigenvalue weighted by Gasteiger charge is -2.33. The number of nitrogens with one attached hydrogen (secondary N) is 1. The number of fused-ring (bicyclic) bond motifs is 1. The first-order valence-electron chi connectivity index (χ1n) is 8.77. The van der Waals surface area contributed by atoms with Gasteiger partial charge in [-0.1, -0.05) is 24.3 Å². The van der Waals surface area contributed by atoms with Crippen LogP contribution >= 0.6 is 12.4 Å². The van der Waals surface area contributed by atoms with Crippen molar-refractivity contribution < 1.29 is 4.79 Å². The van der Waals surface area contributed by atoms with Gasteiger partial charge < -0.3 is 10.2 Å². The standard InChI is InChI=1S/C19H28N2O.ClH/c1-21(19(22)9-6-15-10-12-20-13-11-15)18-8-7-16-4-2-3-5-17(16)14-18;/h2-5,15,18,20H,6-14H2,1H3;1H. The maximum atomic E-state index is 12.5. The van der Waals surface area contributed by atoms with Gasteiger partial charge in [0.15, 0.2) is 0 Å². The van der Waals surface area contributed by atoms with Gasteiger partial charge in [-0.25, -0.2) is 0 Å². The number of carbonyl (C=O) groups excluding carboxylic acids is 1. The third-order valence-corrected chi connectivity index (χ3v) is 5.49. The summed E-state index contributed by atoms with van der Waals surface area (Å²) in [7, 11) is 2.00. The molecule has 1 amide bonds. The van der Waals surface area contributed by atoms with Crippen LogP contribution in [0.3, 0.4) is 0 Å². The molecule has 0 aromatic heterocycles. The summed E-state index contributed by atoms with van der Waals surface area (Å²) < 4.78 is 0. The minimum absolute atomic E-state index is 0. The Kier molecular flexibility index (Phi) is 6.91. The van der Waals surface area contributed by atoms with Crippen LogP contribution in [0.5, 0.6) is 0 Å². The largest absolute Gasteiger partial charge is 0.342 e. The summed E-state index contributed by atoms with van der Waals surface area (Å²) in [5.74, 6) is 1.08. The number of benzene rings is 1. The van der Waals surface area contributed by atoms with Gasteiger partial charge >= 0.3 is 0 Å². The van der Waals surface area contributed by atoms with Crippen molar-refractivity contribution in [2.24, 2.45) is 5.92 Å². The van der Waals surface area contributed by atoms with E-state index in [0.29, 0.717) is 11.9 Å². The van der Waals surface area contributed by atoms with E-state index in [2.05, 4.69) is 29.6 Å². The molecule has 3 rings (SSSR count). The summed E-state index contributed by atoms with van der Waals surface area (Å²) in [5.41, 5.74) is 2.89. The number of hydrogen-bond acceptors (Lipinski definition) is 2. The van der Waals surface area contributed by atoms with Crippen molar-refractivity contribution in [3.63, 3.8) is 0 Å². The Morgan fingerprint density at radius 1 is 1.17 bits per heavy atom. The highest BCUT2D eigenvalue weighted by Crippen LogP contribution is 2.25. The number of halogens is 1. The molecule has 1 aromatic rings. The van der Waals surface area contributed by atoms with Crippen molar-refractivity contribution in [2.45, 2.75) is 51.0 Å². The van der Waals surface area contributed by atoms with Crippen molar-refractivity contribution in [1.82, 2.24) is 10.2 Å². The van der Waals surface area contributed by atoms with Gasteiger partial charge in [-0.15, -0.1) is 12.4 Å². The Bertz CT molecular complexity index is 514. The number of piperidine rings is 1. The first-order valence-corrected chi connectivity index (χ1v) is 8.77. The van der Waals surface area contributed by atoms with Crippen molar-refractivity contribution in [3.8, 4) is 0 Å². The van der Waals surface area contributed by atoms with E-state index >= 15 is 0 Å². The average molecular weight is 337 g/mol. The van der Waals surface area contributed by atoms with Crippen LogP contribution in [0, 0.1) is 5.92 Å². The lowest BCUT2D eigenvalue weighted by molar-refractivity contribution is -0.132. The minimum Gasteiger partial charge on any atom is -0.342 e. The molecule has 1 heterocycles. The molecule has 1 atom stereocenters. The Hall–Kier alpha value is -1.06. The molecule has 1 fully saturated rings. The molecule has 2 aliphatic rings. The summed E-state index contributed by atoms with van der Waals surface area (Å²) in [5, 5.41) is 3.39. The van der Waals surface area contributed by atoms with E-state index in [1.54, 1.807) is 0 Å². The number of carbonyl (C=O) groups is 1. The molecule has 0 bridgehead atoms. The molecule has 3 nitrogen and oxygen atoms in total. The molecule has 1 aliphatic carbocycles. The normalized spacial score (nSPS) is 21.2. The Morgan fingerprint density at radius 3 is 2.61 bits per heavy atom. The minimum atomic E-state index is 0. The fourth-order valence-corrected chi connectivity index (χ4v) is 3.89. The lowest BCUT2D eigenvalue weighted by Crippen LogP contribution is -2.40. The molecule has 1 saturated heterocycles. The maximum Gasteiger partial charge on any atom is 0.222 e. The number of likely N-dealkylation sites (N-methyl/N-ethyl adjacent to an activating group) is 1. The van der Waals surface area contributed by atoms with Gasteiger partial charge in [0.1, 0.15) is 0 Å². The quantitative estimate of drug-likeness (QED) is 0.915. The molecule has 1 aromatic carbocycles. The topological polar surface area (TPSA) is 32.3 Å². The van der Waals surface area contributed by atoms with Gasteiger partial charge in [-0.2, -0.15) is 0 Å². The zero-order chi connectivity index (χ0) is 15.4. The van der Waals surface area contributed by atoms with E-state index in [4.69, 9.17) is 0 Å². The molecular weight excluding hydrogens is 308 g/mol. The van der Waals surface area contributed by atoms with Crippen LogP contribution in [0.1, 0.15) is 43.2 Å². The number of amides is 1. The highest BCUT2D eigenvalue weighted by atomic mass is 35.5. The van der Waals surface area contributed by atoms with Crippen LogP contribution in [0.15, 0.2) is 24.3 Å². The SMILES string of the molecule is CN(C(=O)CCC1CCNCC1)C1CCc2ccccc2C1.Cl. The summed E-state index contributed by atoms with van der Waals surface area (Å²) in [4.78, 5) is 14.5. The molecule has 0 saturated carbocycles. The Morgan fingerprint density at radius 2 is 1.87 bits per heavy atom. The van der Waals surface area contributed by atoms with E-state index in [9.17, 15) is 4.79 Å². The van der Waals surface area contributed by atoms with E-state index in [-0.39, 0.29) is 12.4 Å². The molecule has 0 radical (unpaired) electrons. The molecule has 23 heavy (non-hydrogen) atoms. The number of nitrogens with zero attached hydrogens (tertiary/aromatic N) is 1. The van der Waals surface area contributed by atoms with Crippen LogP contribution < -0.4 is 5.32 Å². The monoisotopic (exact) mass is 336 g/mol. The van der Waals surface area contributed by atoms with E-state index in [0.717, 1.165) is 51.1 Å².